The largest absolute Gasteiger partial charge is 0.388 e. The first-order valence-electron chi connectivity index (χ1n) is 15.9. The lowest BCUT2D eigenvalue weighted by Crippen LogP contribution is -2.45. The second kappa shape index (κ2) is 13.1. The molecule has 0 bridgehead atoms. The molecule has 36 heavy (non-hydrogen) atoms. The van der Waals surface area contributed by atoms with Crippen molar-refractivity contribution in [2.45, 2.75) is 143 Å². The maximum absolute atomic E-state index is 6.92. The molecule has 3 nitrogen and oxygen atoms in total. The van der Waals surface area contributed by atoms with E-state index in [0.29, 0.717) is 17.6 Å². The van der Waals surface area contributed by atoms with Gasteiger partial charge < -0.3 is 14.8 Å². The Morgan fingerprint density at radius 1 is 0.972 bits per heavy atom. The van der Waals surface area contributed by atoms with Gasteiger partial charge in [-0.25, -0.2) is 0 Å². The van der Waals surface area contributed by atoms with Gasteiger partial charge in [0.1, 0.15) is 0 Å². The molecule has 3 heteroatoms. The lowest BCUT2D eigenvalue weighted by Gasteiger charge is -2.52. The Labute approximate surface area is 224 Å². The molecule has 2 saturated heterocycles. The van der Waals surface area contributed by atoms with Crippen LogP contribution in [-0.4, -0.2) is 38.5 Å². The van der Waals surface area contributed by atoms with Crippen molar-refractivity contribution in [1.29, 1.82) is 0 Å². The highest BCUT2D eigenvalue weighted by Crippen LogP contribution is 2.65. The van der Waals surface area contributed by atoms with E-state index in [1.807, 2.05) is 33.3 Å². The smallest absolute Gasteiger partial charge is 0.0740 e. The standard InChI is InChI=1S/C27H43NO.C2H6O.2C2H6/c1-17-12-25-24(28-16-17)15-27(29-25)11-9-20-21-8-7-19-6-4-5-10-26(19,3)23(21)13-22(20)18(2)14-27;1-3-2;2*1-2/h17,19-21,23-25,28H,4-16H2,1-3H3;1-2H3;2*1-2H3. The zero-order valence-corrected chi connectivity index (χ0v) is 25.6. The highest BCUT2D eigenvalue weighted by atomic mass is 16.5. The van der Waals surface area contributed by atoms with Crippen molar-refractivity contribution >= 4 is 0 Å². The first-order chi connectivity index (χ1) is 17.4. The Kier molecular flexibility index (Phi) is 11.0. The van der Waals surface area contributed by atoms with Gasteiger partial charge in [-0.05, 0) is 113 Å². The van der Waals surface area contributed by atoms with E-state index in [1.54, 1.807) is 19.8 Å². The molecule has 9 atom stereocenters. The van der Waals surface area contributed by atoms with E-state index < -0.39 is 0 Å². The van der Waals surface area contributed by atoms with Gasteiger partial charge in [0, 0.05) is 20.3 Å². The fourth-order valence-electron chi connectivity index (χ4n) is 9.48. The number of allylic oxidation sites excluding steroid dienone is 1. The Morgan fingerprint density at radius 2 is 1.69 bits per heavy atom. The monoisotopic (exact) mass is 503 g/mol. The van der Waals surface area contributed by atoms with Crippen molar-refractivity contribution in [1.82, 2.24) is 5.32 Å². The number of piperidine rings is 1. The topological polar surface area (TPSA) is 30.5 Å². The van der Waals surface area contributed by atoms with Gasteiger partial charge in [0.05, 0.1) is 11.7 Å². The van der Waals surface area contributed by atoms with E-state index in [-0.39, 0.29) is 5.60 Å². The molecule has 5 fully saturated rings. The van der Waals surface area contributed by atoms with Crippen molar-refractivity contribution in [2.24, 2.45) is 35.0 Å². The summed E-state index contributed by atoms with van der Waals surface area (Å²) in [6.07, 6.45) is 17.4. The van der Waals surface area contributed by atoms with Crippen LogP contribution in [-0.2, 0) is 9.47 Å². The minimum Gasteiger partial charge on any atom is -0.388 e. The quantitative estimate of drug-likeness (QED) is 0.336. The van der Waals surface area contributed by atoms with Crippen molar-refractivity contribution in [3.63, 3.8) is 0 Å². The van der Waals surface area contributed by atoms with Gasteiger partial charge in [0.2, 0.25) is 0 Å². The predicted octanol–water partition coefficient (Wildman–Crippen LogP) is 8.57. The molecular formula is C33H61NO2. The summed E-state index contributed by atoms with van der Waals surface area (Å²) in [5.74, 6) is 4.65. The third-order valence-electron chi connectivity index (χ3n) is 10.9. The first kappa shape index (κ1) is 30.2. The van der Waals surface area contributed by atoms with E-state index in [1.165, 1.54) is 83.6 Å². The van der Waals surface area contributed by atoms with Crippen LogP contribution in [0.5, 0.6) is 0 Å². The van der Waals surface area contributed by atoms with E-state index in [0.717, 1.165) is 29.6 Å². The summed E-state index contributed by atoms with van der Waals surface area (Å²) in [6.45, 7) is 16.8. The molecule has 2 heterocycles. The Morgan fingerprint density at radius 3 is 2.42 bits per heavy atom. The second-order valence-electron chi connectivity index (χ2n) is 12.9. The number of methoxy groups -OCH3 is 1. The summed E-state index contributed by atoms with van der Waals surface area (Å²) in [5, 5.41) is 3.83. The number of hydrogen-bond donors (Lipinski definition) is 1. The van der Waals surface area contributed by atoms with Crippen LogP contribution in [0, 0.1) is 35.0 Å². The summed E-state index contributed by atoms with van der Waals surface area (Å²) in [4.78, 5) is 0. The van der Waals surface area contributed by atoms with E-state index >= 15 is 0 Å². The molecule has 0 aromatic rings. The Hall–Kier alpha value is -0.380. The highest BCUT2D eigenvalue weighted by Gasteiger charge is 2.57. The molecule has 3 saturated carbocycles. The number of hydrogen-bond acceptors (Lipinski definition) is 3. The molecule has 210 valence electrons. The average molecular weight is 504 g/mol. The SMILES string of the molecule is CC.CC.CC1=C2CC3C(CCC4CCCCC43C)C2CCC2(C1)CC1NCC(C)CC1O2.COC. The van der Waals surface area contributed by atoms with E-state index in [9.17, 15) is 0 Å². The molecule has 4 aliphatic carbocycles. The summed E-state index contributed by atoms with van der Waals surface area (Å²) in [6, 6.07) is 0.617. The predicted molar refractivity (Wildman–Crippen MR) is 154 cm³/mol. The third kappa shape index (κ3) is 5.79. The van der Waals surface area contributed by atoms with Crippen LogP contribution < -0.4 is 5.32 Å². The van der Waals surface area contributed by atoms with Crippen molar-refractivity contribution in [2.75, 3.05) is 20.8 Å². The molecule has 6 rings (SSSR count). The fraction of sp³-hybridized carbons (Fsp3) is 0.939. The Balaban J connectivity index is 0.000000473. The molecule has 2 aliphatic heterocycles. The van der Waals surface area contributed by atoms with Crippen LogP contribution in [0.25, 0.3) is 0 Å². The van der Waals surface area contributed by atoms with Crippen LogP contribution in [0.1, 0.15) is 126 Å². The second-order valence-corrected chi connectivity index (χ2v) is 12.9. The molecule has 1 N–H and O–H groups in total. The number of fused-ring (bicyclic) bond motifs is 6. The maximum Gasteiger partial charge on any atom is 0.0740 e. The molecule has 0 aromatic carbocycles. The van der Waals surface area contributed by atoms with Crippen molar-refractivity contribution < 1.29 is 9.47 Å². The van der Waals surface area contributed by atoms with Gasteiger partial charge in [-0.1, -0.05) is 65.5 Å². The molecule has 1 spiro atoms. The summed E-state index contributed by atoms with van der Waals surface area (Å²) in [5.41, 5.74) is 4.44. The van der Waals surface area contributed by atoms with Gasteiger partial charge in [-0.3, -0.25) is 0 Å². The summed E-state index contributed by atoms with van der Waals surface area (Å²) in [7, 11) is 3.25. The first-order valence-corrected chi connectivity index (χ1v) is 15.9. The lowest BCUT2D eigenvalue weighted by molar-refractivity contribution is -0.0641. The number of nitrogens with one attached hydrogen (secondary N) is 1. The lowest BCUT2D eigenvalue weighted by atomic mass is 9.52. The van der Waals surface area contributed by atoms with Crippen LogP contribution in [0.3, 0.4) is 0 Å². The highest BCUT2D eigenvalue weighted by molar-refractivity contribution is 5.28. The zero-order chi connectivity index (χ0) is 26.5. The van der Waals surface area contributed by atoms with Crippen LogP contribution >= 0.6 is 0 Å². The molecule has 0 amide bonds. The molecule has 9 unspecified atom stereocenters. The van der Waals surface area contributed by atoms with Crippen LogP contribution in [0.4, 0.5) is 0 Å². The zero-order valence-electron chi connectivity index (χ0n) is 25.6. The van der Waals surface area contributed by atoms with Crippen molar-refractivity contribution in [3.05, 3.63) is 11.1 Å². The van der Waals surface area contributed by atoms with Crippen LogP contribution in [0.2, 0.25) is 0 Å². The molecule has 0 aromatic heterocycles. The molecular weight excluding hydrogens is 442 g/mol. The van der Waals surface area contributed by atoms with Gasteiger partial charge >= 0.3 is 0 Å². The van der Waals surface area contributed by atoms with Crippen LogP contribution in [0.15, 0.2) is 11.1 Å². The fourth-order valence-corrected chi connectivity index (χ4v) is 9.48. The summed E-state index contributed by atoms with van der Waals surface area (Å²) >= 11 is 0. The minimum atomic E-state index is 0.148. The minimum absolute atomic E-state index is 0.148. The molecule has 0 radical (unpaired) electrons. The maximum atomic E-state index is 6.92. The summed E-state index contributed by atoms with van der Waals surface area (Å²) < 4.78 is 11.2. The van der Waals surface area contributed by atoms with Gasteiger partial charge in [0.15, 0.2) is 0 Å². The van der Waals surface area contributed by atoms with E-state index in [2.05, 4.69) is 30.8 Å². The number of rotatable bonds is 0. The van der Waals surface area contributed by atoms with Gasteiger partial charge in [-0.2, -0.15) is 0 Å². The normalized spacial score (nSPS) is 44.8. The third-order valence-corrected chi connectivity index (χ3v) is 10.9. The van der Waals surface area contributed by atoms with E-state index in [4.69, 9.17) is 4.74 Å². The Bertz CT molecular complexity index is 718. The number of ether oxygens (including phenoxy) is 2. The van der Waals surface area contributed by atoms with Gasteiger partial charge in [0.25, 0.3) is 0 Å². The van der Waals surface area contributed by atoms with Crippen molar-refractivity contribution in [3.8, 4) is 0 Å². The van der Waals surface area contributed by atoms with Gasteiger partial charge in [-0.15, -0.1) is 0 Å². The molecule has 6 aliphatic rings. The average Bonchev–Trinajstić information content (AvgIpc) is 3.40.